The molecule has 164 valence electrons. The van der Waals surface area contributed by atoms with Gasteiger partial charge in [-0.05, 0) is 49.9 Å². The van der Waals surface area contributed by atoms with Crippen LogP contribution in [0, 0.1) is 0 Å². The standard InChI is InChI=1S/C21H20Cl2N2O5S/c1-12(20(26)25-9-8-13-4-2-3-5-18(13)25)30-21(27)15-10-19(17(23)11-16(15)22)31(28,29)24-14-6-7-14/h2-5,10-12,14,24H,6-9H2,1H3. The molecule has 2 aliphatic rings. The van der Waals surface area contributed by atoms with Crippen LogP contribution in [0.25, 0.3) is 0 Å². The van der Waals surface area contributed by atoms with Crippen LogP contribution in [-0.2, 0) is 26.0 Å². The molecule has 1 saturated carbocycles. The van der Waals surface area contributed by atoms with Gasteiger partial charge in [-0.3, -0.25) is 4.79 Å². The minimum atomic E-state index is -3.92. The van der Waals surface area contributed by atoms with Crippen molar-refractivity contribution in [3.05, 3.63) is 57.6 Å². The molecule has 1 aliphatic heterocycles. The van der Waals surface area contributed by atoms with Crippen molar-refractivity contribution < 1.29 is 22.7 Å². The molecule has 0 bridgehead atoms. The van der Waals surface area contributed by atoms with Gasteiger partial charge in [-0.25, -0.2) is 17.9 Å². The molecule has 1 unspecified atom stereocenters. The van der Waals surface area contributed by atoms with Crippen LogP contribution >= 0.6 is 23.2 Å². The molecule has 10 heteroatoms. The summed E-state index contributed by atoms with van der Waals surface area (Å²) in [5.74, 6) is -1.27. The minimum absolute atomic E-state index is 0.0634. The fourth-order valence-corrected chi connectivity index (χ4v) is 5.59. The molecule has 1 N–H and O–H groups in total. The number of halogens is 2. The first-order chi connectivity index (χ1) is 14.7. The van der Waals surface area contributed by atoms with Crippen molar-refractivity contribution >= 4 is 50.8 Å². The molecule has 0 radical (unpaired) electrons. The Labute approximate surface area is 190 Å². The van der Waals surface area contributed by atoms with E-state index in [1.165, 1.54) is 13.0 Å². The van der Waals surface area contributed by atoms with Crippen molar-refractivity contribution in [3.8, 4) is 0 Å². The predicted molar refractivity (Wildman–Crippen MR) is 117 cm³/mol. The van der Waals surface area contributed by atoms with Crippen molar-refractivity contribution in [2.45, 2.75) is 43.2 Å². The quantitative estimate of drug-likeness (QED) is 0.635. The maximum absolute atomic E-state index is 12.9. The van der Waals surface area contributed by atoms with Crippen molar-refractivity contribution in [2.24, 2.45) is 0 Å². The zero-order valence-corrected chi connectivity index (χ0v) is 18.9. The first-order valence-corrected chi connectivity index (χ1v) is 12.0. The highest BCUT2D eigenvalue weighted by atomic mass is 35.5. The number of para-hydroxylation sites is 1. The van der Waals surface area contributed by atoms with E-state index in [1.807, 2.05) is 24.3 Å². The maximum Gasteiger partial charge on any atom is 0.340 e. The topological polar surface area (TPSA) is 92.8 Å². The van der Waals surface area contributed by atoms with E-state index in [2.05, 4.69) is 4.72 Å². The third kappa shape index (κ3) is 4.57. The Morgan fingerprint density at radius 2 is 1.87 bits per heavy atom. The fourth-order valence-electron chi connectivity index (χ4n) is 3.44. The predicted octanol–water partition coefficient (Wildman–Crippen LogP) is 3.57. The number of nitrogens with zero attached hydrogens (tertiary/aromatic N) is 1. The van der Waals surface area contributed by atoms with Gasteiger partial charge in [0.2, 0.25) is 10.0 Å². The number of carbonyl (C=O) groups is 2. The second-order valence-corrected chi connectivity index (χ2v) is 10.1. The van der Waals surface area contributed by atoms with Crippen molar-refractivity contribution in [1.82, 2.24) is 4.72 Å². The number of esters is 1. The summed E-state index contributed by atoms with van der Waals surface area (Å²) in [5, 5.41) is -0.168. The number of sulfonamides is 1. The summed E-state index contributed by atoms with van der Waals surface area (Å²) in [6.07, 6.45) is 1.13. The normalized spacial score (nSPS) is 16.7. The van der Waals surface area contributed by atoms with Crippen LogP contribution in [0.3, 0.4) is 0 Å². The Morgan fingerprint density at radius 3 is 2.58 bits per heavy atom. The largest absolute Gasteiger partial charge is 0.449 e. The van der Waals surface area contributed by atoms with Gasteiger partial charge in [0.25, 0.3) is 5.91 Å². The SMILES string of the molecule is CC(OC(=O)c1cc(S(=O)(=O)NC2CC2)c(Cl)cc1Cl)C(=O)N1CCc2ccccc21. The Morgan fingerprint density at radius 1 is 1.16 bits per heavy atom. The van der Waals surface area contributed by atoms with Gasteiger partial charge < -0.3 is 9.64 Å². The second kappa shape index (κ2) is 8.43. The number of rotatable bonds is 6. The third-order valence-electron chi connectivity index (χ3n) is 5.21. The van der Waals surface area contributed by atoms with Crippen LogP contribution in [0.1, 0.15) is 35.7 Å². The van der Waals surface area contributed by atoms with E-state index in [9.17, 15) is 18.0 Å². The summed E-state index contributed by atoms with van der Waals surface area (Å²) in [6.45, 7) is 1.97. The van der Waals surface area contributed by atoms with Crippen LogP contribution in [0.5, 0.6) is 0 Å². The van der Waals surface area contributed by atoms with E-state index in [0.29, 0.717) is 6.54 Å². The smallest absolute Gasteiger partial charge is 0.340 e. The lowest BCUT2D eigenvalue weighted by Gasteiger charge is -2.22. The number of anilines is 1. The van der Waals surface area contributed by atoms with Crippen LogP contribution in [0.2, 0.25) is 10.0 Å². The number of nitrogens with one attached hydrogen (secondary N) is 1. The van der Waals surface area contributed by atoms with Crippen LogP contribution in [0.15, 0.2) is 41.3 Å². The summed E-state index contributed by atoms with van der Waals surface area (Å²) in [6, 6.07) is 9.67. The van der Waals surface area contributed by atoms with Gasteiger partial charge in [0.1, 0.15) is 4.90 Å². The molecule has 1 heterocycles. The van der Waals surface area contributed by atoms with Gasteiger partial charge in [-0.15, -0.1) is 0 Å². The number of benzene rings is 2. The Kier molecular flexibility index (Phi) is 6.00. The summed E-state index contributed by atoms with van der Waals surface area (Å²) in [4.78, 5) is 26.9. The van der Waals surface area contributed by atoms with E-state index in [1.54, 1.807) is 4.90 Å². The molecule has 4 rings (SSSR count). The number of hydrogen-bond donors (Lipinski definition) is 1. The molecule has 2 aromatic rings. The van der Waals surface area contributed by atoms with Gasteiger partial charge >= 0.3 is 5.97 Å². The van der Waals surface area contributed by atoms with Crippen molar-refractivity contribution in [2.75, 3.05) is 11.4 Å². The monoisotopic (exact) mass is 482 g/mol. The van der Waals surface area contributed by atoms with E-state index in [-0.39, 0.29) is 32.5 Å². The molecular formula is C21H20Cl2N2O5S. The lowest BCUT2D eigenvalue weighted by molar-refractivity contribution is -0.126. The Bertz CT molecular complexity index is 1160. The third-order valence-corrected chi connectivity index (χ3v) is 7.51. The van der Waals surface area contributed by atoms with E-state index < -0.39 is 22.1 Å². The summed E-state index contributed by atoms with van der Waals surface area (Å²) in [7, 11) is -3.92. The summed E-state index contributed by atoms with van der Waals surface area (Å²) in [5.41, 5.74) is 1.66. The minimum Gasteiger partial charge on any atom is -0.449 e. The molecule has 1 aliphatic carbocycles. The molecule has 7 nitrogen and oxygen atoms in total. The molecule has 2 aromatic carbocycles. The Hall–Kier alpha value is -2.13. The second-order valence-electron chi connectivity index (χ2n) is 7.57. The molecule has 0 aromatic heterocycles. The zero-order chi connectivity index (χ0) is 22.3. The van der Waals surface area contributed by atoms with Gasteiger partial charge in [0.05, 0.1) is 15.6 Å². The average Bonchev–Trinajstić information content (AvgIpc) is 3.41. The van der Waals surface area contributed by atoms with Crippen LogP contribution < -0.4 is 9.62 Å². The molecule has 1 atom stereocenters. The maximum atomic E-state index is 12.9. The molecular weight excluding hydrogens is 463 g/mol. The zero-order valence-electron chi connectivity index (χ0n) is 16.6. The number of carbonyl (C=O) groups excluding carboxylic acids is 2. The van der Waals surface area contributed by atoms with Crippen molar-refractivity contribution in [3.63, 3.8) is 0 Å². The summed E-state index contributed by atoms with van der Waals surface area (Å²) >= 11 is 12.2. The van der Waals surface area contributed by atoms with Gasteiger partial charge in [0, 0.05) is 18.3 Å². The first kappa shape index (κ1) is 22.1. The highest BCUT2D eigenvalue weighted by molar-refractivity contribution is 7.89. The number of fused-ring (bicyclic) bond motifs is 1. The lowest BCUT2D eigenvalue weighted by atomic mass is 10.2. The highest BCUT2D eigenvalue weighted by Gasteiger charge is 2.33. The van der Waals surface area contributed by atoms with Gasteiger partial charge in [-0.2, -0.15) is 0 Å². The first-order valence-electron chi connectivity index (χ1n) is 9.79. The van der Waals surface area contributed by atoms with E-state index in [0.717, 1.165) is 36.6 Å². The van der Waals surface area contributed by atoms with Gasteiger partial charge in [0.15, 0.2) is 6.10 Å². The van der Waals surface area contributed by atoms with Gasteiger partial charge in [-0.1, -0.05) is 41.4 Å². The fraction of sp³-hybridized carbons (Fsp3) is 0.333. The number of ether oxygens (including phenoxy) is 1. The van der Waals surface area contributed by atoms with Crippen LogP contribution in [0.4, 0.5) is 5.69 Å². The number of hydrogen-bond acceptors (Lipinski definition) is 5. The van der Waals surface area contributed by atoms with Crippen molar-refractivity contribution in [1.29, 1.82) is 0 Å². The summed E-state index contributed by atoms with van der Waals surface area (Å²) < 4.78 is 33.0. The molecule has 1 fully saturated rings. The highest BCUT2D eigenvalue weighted by Crippen LogP contribution is 2.32. The lowest BCUT2D eigenvalue weighted by Crippen LogP contribution is -2.39. The van der Waals surface area contributed by atoms with Crippen LogP contribution in [-0.4, -0.2) is 39.0 Å². The molecule has 1 amide bonds. The van der Waals surface area contributed by atoms with E-state index in [4.69, 9.17) is 27.9 Å². The van der Waals surface area contributed by atoms with E-state index >= 15 is 0 Å². The molecule has 0 saturated heterocycles. The number of amides is 1. The molecule has 0 spiro atoms. The average molecular weight is 483 g/mol. The Balaban J connectivity index is 1.53. The molecule has 31 heavy (non-hydrogen) atoms.